The Bertz CT molecular complexity index is 2490. The van der Waals surface area contributed by atoms with Crippen LogP contribution in [0, 0.1) is 0 Å². The summed E-state index contributed by atoms with van der Waals surface area (Å²) in [6.45, 7) is 4.84. The summed E-state index contributed by atoms with van der Waals surface area (Å²) in [5.74, 6) is 2.67. The summed E-state index contributed by atoms with van der Waals surface area (Å²) >= 11 is 0. The molecule has 2 aromatic heterocycles. The molecule has 6 aromatic carbocycles. The van der Waals surface area contributed by atoms with Crippen LogP contribution in [-0.4, -0.2) is 33.0 Å². The van der Waals surface area contributed by atoms with Crippen molar-refractivity contribution in [1.29, 1.82) is 0 Å². The Morgan fingerprint density at radius 2 is 0.725 bits per heavy atom. The standard InChI is InChI=1S/C45H33N5Si/c1-51(2)38-27-13-12-26-37(38)40-41(51)39(46-42(47-40)30-16-6-3-7-17-30)35-24-14-22-33(28-35)34-23-15-25-36(29-34)45-49-43(31-18-8-4-9-19-31)48-44(50-45)32-20-10-5-11-21-32/h3-29H,1-2H3. The maximum atomic E-state index is 5.34. The lowest BCUT2D eigenvalue weighted by Crippen LogP contribution is -2.50. The van der Waals surface area contributed by atoms with Crippen LogP contribution in [0.15, 0.2) is 164 Å². The number of rotatable bonds is 6. The van der Waals surface area contributed by atoms with E-state index in [1.807, 2.05) is 78.9 Å². The molecular weight excluding hydrogens is 639 g/mol. The van der Waals surface area contributed by atoms with E-state index in [0.29, 0.717) is 17.5 Å². The van der Waals surface area contributed by atoms with Crippen LogP contribution < -0.4 is 10.4 Å². The molecule has 0 saturated heterocycles. The summed E-state index contributed by atoms with van der Waals surface area (Å²) in [6.07, 6.45) is 0. The predicted octanol–water partition coefficient (Wildman–Crippen LogP) is 9.47. The number of nitrogens with zero attached hydrogens (tertiary/aromatic N) is 5. The molecule has 0 aliphatic carbocycles. The molecule has 6 heteroatoms. The fraction of sp³-hybridized carbons (Fsp3) is 0.0444. The highest BCUT2D eigenvalue weighted by Gasteiger charge is 2.41. The lowest BCUT2D eigenvalue weighted by molar-refractivity contribution is 1.07. The van der Waals surface area contributed by atoms with Crippen molar-refractivity contribution in [2.45, 2.75) is 13.1 Å². The molecule has 0 saturated carbocycles. The molecule has 0 radical (unpaired) electrons. The minimum absolute atomic E-state index is 0.632. The van der Waals surface area contributed by atoms with Gasteiger partial charge in [0.1, 0.15) is 8.07 Å². The first-order valence-electron chi connectivity index (χ1n) is 17.2. The second-order valence-corrected chi connectivity index (χ2v) is 17.6. The molecule has 0 unspecified atom stereocenters. The minimum atomic E-state index is -2.10. The largest absolute Gasteiger partial charge is 0.228 e. The van der Waals surface area contributed by atoms with Crippen LogP contribution in [0.3, 0.4) is 0 Å². The Morgan fingerprint density at radius 3 is 1.29 bits per heavy atom. The van der Waals surface area contributed by atoms with E-state index in [1.165, 1.54) is 15.9 Å². The molecule has 242 valence electrons. The van der Waals surface area contributed by atoms with Gasteiger partial charge in [0.2, 0.25) is 0 Å². The van der Waals surface area contributed by atoms with Gasteiger partial charge in [-0.15, -0.1) is 0 Å². The Morgan fingerprint density at radius 1 is 0.333 bits per heavy atom. The molecule has 0 bridgehead atoms. The zero-order valence-corrected chi connectivity index (χ0v) is 29.3. The number of fused-ring (bicyclic) bond motifs is 3. The highest BCUT2D eigenvalue weighted by atomic mass is 28.3. The SMILES string of the molecule is C[Si]1(C)c2ccccc2-c2nc(-c3ccccc3)nc(-c3cccc(-c4cccc(-c5nc(-c6ccccc6)nc(-c6ccccc6)n5)c4)c3)c21. The van der Waals surface area contributed by atoms with E-state index in [4.69, 9.17) is 24.9 Å². The zero-order valence-electron chi connectivity index (χ0n) is 28.3. The summed E-state index contributed by atoms with van der Waals surface area (Å²) in [4.78, 5) is 25.4. The maximum Gasteiger partial charge on any atom is 0.164 e. The van der Waals surface area contributed by atoms with E-state index in [-0.39, 0.29) is 0 Å². The molecule has 8 aromatic rings. The van der Waals surface area contributed by atoms with Crippen molar-refractivity contribution in [2.24, 2.45) is 0 Å². The van der Waals surface area contributed by atoms with Gasteiger partial charge in [-0.2, -0.15) is 0 Å². The van der Waals surface area contributed by atoms with Crippen LogP contribution in [0.25, 0.3) is 79.2 Å². The summed E-state index contributed by atoms with van der Waals surface area (Å²) in [6, 6.07) is 56.4. The molecule has 0 spiro atoms. The third kappa shape index (κ3) is 5.56. The van der Waals surface area contributed by atoms with Crippen LogP contribution in [0.5, 0.6) is 0 Å². The van der Waals surface area contributed by atoms with Gasteiger partial charge in [0.05, 0.1) is 11.4 Å². The molecule has 0 fully saturated rings. The van der Waals surface area contributed by atoms with Crippen LogP contribution in [0.1, 0.15) is 0 Å². The van der Waals surface area contributed by atoms with Gasteiger partial charge in [0.25, 0.3) is 0 Å². The maximum absolute atomic E-state index is 5.34. The van der Waals surface area contributed by atoms with E-state index < -0.39 is 8.07 Å². The van der Waals surface area contributed by atoms with E-state index in [9.17, 15) is 0 Å². The average molecular weight is 672 g/mol. The average Bonchev–Trinajstić information content (AvgIpc) is 3.44. The molecule has 0 amide bonds. The molecule has 51 heavy (non-hydrogen) atoms. The normalized spacial score (nSPS) is 12.7. The van der Waals surface area contributed by atoms with Crippen molar-refractivity contribution in [1.82, 2.24) is 24.9 Å². The molecule has 9 rings (SSSR count). The van der Waals surface area contributed by atoms with Gasteiger partial charge in [-0.3, -0.25) is 0 Å². The van der Waals surface area contributed by atoms with Crippen molar-refractivity contribution < 1.29 is 0 Å². The number of hydrogen-bond acceptors (Lipinski definition) is 5. The molecule has 5 nitrogen and oxygen atoms in total. The van der Waals surface area contributed by atoms with E-state index in [2.05, 4.69) is 98.0 Å². The lowest BCUT2D eigenvalue weighted by Gasteiger charge is -2.22. The third-order valence-corrected chi connectivity index (χ3v) is 13.2. The monoisotopic (exact) mass is 671 g/mol. The van der Waals surface area contributed by atoms with E-state index >= 15 is 0 Å². The summed E-state index contributed by atoms with van der Waals surface area (Å²) in [5.41, 5.74) is 10.4. The van der Waals surface area contributed by atoms with Gasteiger partial charge in [-0.05, 0) is 39.2 Å². The number of benzene rings is 6. The number of hydrogen-bond donors (Lipinski definition) is 0. The Balaban J connectivity index is 1.17. The van der Waals surface area contributed by atoms with Crippen LogP contribution in [0.2, 0.25) is 13.1 Å². The molecule has 1 aliphatic rings. The second-order valence-electron chi connectivity index (χ2n) is 13.4. The zero-order chi connectivity index (χ0) is 34.4. The fourth-order valence-corrected chi connectivity index (χ4v) is 10.4. The third-order valence-electron chi connectivity index (χ3n) is 9.71. The van der Waals surface area contributed by atoms with E-state index in [0.717, 1.165) is 56.2 Å². The Kier molecular flexibility index (Phi) is 7.52. The predicted molar refractivity (Wildman–Crippen MR) is 210 cm³/mol. The topological polar surface area (TPSA) is 64.5 Å². The van der Waals surface area contributed by atoms with Crippen molar-refractivity contribution in [3.8, 4) is 79.2 Å². The lowest BCUT2D eigenvalue weighted by atomic mass is 9.99. The highest BCUT2D eigenvalue weighted by Crippen LogP contribution is 2.35. The summed E-state index contributed by atoms with van der Waals surface area (Å²) in [7, 11) is -2.10. The Labute approximate surface area is 298 Å². The van der Waals surface area contributed by atoms with Gasteiger partial charge < -0.3 is 0 Å². The van der Waals surface area contributed by atoms with Crippen molar-refractivity contribution in [3.05, 3.63) is 164 Å². The summed E-state index contributed by atoms with van der Waals surface area (Å²) in [5, 5.41) is 2.70. The van der Waals surface area contributed by atoms with Crippen LogP contribution in [0.4, 0.5) is 0 Å². The Hall–Kier alpha value is -6.37. The molecular formula is C45H33N5Si. The smallest absolute Gasteiger partial charge is 0.164 e. The summed E-state index contributed by atoms with van der Waals surface area (Å²) < 4.78 is 0. The quantitative estimate of drug-likeness (QED) is 0.165. The van der Waals surface area contributed by atoms with Gasteiger partial charge in [-0.1, -0.05) is 165 Å². The first-order chi connectivity index (χ1) is 25.0. The van der Waals surface area contributed by atoms with Crippen LogP contribution in [-0.2, 0) is 0 Å². The number of aromatic nitrogens is 5. The van der Waals surface area contributed by atoms with Crippen molar-refractivity contribution >= 4 is 18.4 Å². The minimum Gasteiger partial charge on any atom is -0.228 e. The van der Waals surface area contributed by atoms with Gasteiger partial charge >= 0.3 is 0 Å². The fourth-order valence-electron chi connectivity index (χ4n) is 7.16. The van der Waals surface area contributed by atoms with E-state index in [1.54, 1.807) is 0 Å². The second kappa shape index (κ2) is 12.5. The van der Waals surface area contributed by atoms with Gasteiger partial charge in [-0.25, -0.2) is 24.9 Å². The van der Waals surface area contributed by atoms with Crippen molar-refractivity contribution in [3.63, 3.8) is 0 Å². The molecule has 1 aliphatic heterocycles. The van der Waals surface area contributed by atoms with Crippen molar-refractivity contribution in [2.75, 3.05) is 0 Å². The van der Waals surface area contributed by atoms with Crippen LogP contribution >= 0.6 is 0 Å². The molecule has 0 atom stereocenters. The van der Waals surface area contributed by atoms with Gasteiger partial charge in [0, 0.05) is 27.8 Å². The van der Waals surface area contributed by atoms with Gasteiger partial charge in [0.15, 0.2) is 23.3 Å². The molecule has 3 heterocycles. The molecule has 0 N–H and O–H groups in total. The highest BCUT2D eigenvalue weighted by molar-refractivity contribution is 7.04. The first-order valence-corrected chi connectivity index (χ1v) is 20.2. The first kappa shape index (κ1) is 30.7.